The van der Waals surface area contributed by atoms with E-state index < -0.39 is 6.04 Å². The van der Waals surface area contributed by atoms with Crippen LogP contribution < -0.4 is 9.64 Å². The van der Waals surface area contributed by atoms with Crippen LogP contribution in [-0.2, 0) is 11.3 Å². The first-order valence-electron chi connectivity index (χ1n) is 9.73. The molecule has 0 spiro atoms. The average Bonchev–Trinajstić information content (AvgIpc) is 3.22. The van der Waals surface area contributed by atoms with Crippen LogP contribution in [0.2, 0.25) is 0 Å². The van der Waals surface area contributed by atoms with Crippen molar-refractivity contribution in [1.82, 2.24) is 19.9 Å². The van der Waals surface area contributed by atoms with Gasteiger partial charge in [-0.2, -0.15) is 0 Å². The zero-order valence-corrected chi connectivity index (χ0v) is 16.1. The summed E-state index contributed by atoms with van der Waals surface area (Å²) in [6, 6.07) is 10.6. The second kappa shape index (κ2) is 7.55. The predicted molar refractivity (Wildman–Crippen MR) is 108 cm³/mol. The number of carbonyl (C=O) groups is 2. The van der Waals surface area contributed by atoms with E-state index in [0.717, 1.165) is 5.56 Å². The molecule has 5 rings (SSSR count). The maximum Gasteiger partial charge on any atom is 0.274 e. The Morgan fingerprint density at radius 2 is 1.93 bits per heavy atom. The van der Waals surface area contributed by atoms with Crippen molar-refractivity contribution in [3.8, 4) is 5.75 Å². The second-order valence-electron chi connectivity index (χ2n) is 7.29. The van der Waals surface area contributed by atoms with Gasteiger partial charge in [0.1, 0.15) is 23.6 Å². The van der Waals surface area contributed by atoms with Crippen LogP contribution in [0.1, 0.15) is 22.5 Å². The number of rotatable bonds is 3. The van der Waals surface area contributed by atoms with Crippen molar-refractivity contribution in [3.63, 3.8) is 0 Å². The molecule has 0 aliphatic carbocycles. The van der Waals surface area contributed by atoms with Gasteiger partial charge in [-0.15, -0.1) is 0 Å². The minimum atomic E-state index is -0.630. The van der Waals surface area contributed by atoms with Crippen LogP contribution in [0.4, 0.5) is 5.69 Å². The highest BCUT2D eigenvalue weighted by Crippen LogP contribution is 2.37. The van der Waals surface area contributed by atoms with Gasteiger partial charge >= 0.3 is 0 Å². The Morgan fingerprint density at radius 1 is 1.07 bits per heavy atom. The van der Waals surface area contributed by atoms with E-state index in [9.17, 15) is 9.59 Å². The largest absolute Gasteiger partial charge is 0.486 e. The summed E-state index contributed by atoms with van der Waals surface area (Å²) in [6.45, 7) is 0.655. The Hall–Kier alpha value is -3.81. The quantitative estimate of drug-likeness (QED) is 0.668. The lowest BCUT2D eigenvalue weighted by molar-refractivity contribution is -0.122. The van der Waals surface area contributed by atoms with Gasteiger partial charge in [0.15, 0.2) is 0 Å². The Morgan fingerprint density at radius 3 is 2.73 bits per heavy atom. The minimum absolute atomic E-state index is 0.144. The number of fused-ring (bicyclic) bond motifs is 3. The molecule has 0 radical (unpaired) electrons. The number of nitrogens with zero attached hydrogens (tertiary/aromatic N) is 5. The summed E-state index contributed by atoms with van der Waals surface area (Å²) in [7, 11) is 0. The van der Waals surface area contributed by atoms with Gasteiger partial charge in [-0.1, -0.05) is 18.2 Å². The summed E-state index contributed by atoms with van der Waals surface area (Å²) in [5.41, 5.74) is 1.80. The van der Waals surface area contributed by atoms with Crippen LogP contribution in [0.3, 0.4) is 0 Å². The molecule has 0 saturated carbocycles. The molecule has 2 aliphatic rings. The van der Waals surface area contributed by atoms with Gasteiger partial charge in [-0.25, -0.2) is 4.98 Å². The molecular weight excluding hydrogens is 382 g/mol. The highest BCUT2D eigenvalue weighted by molar-refractivity contribution is 6.03. The molecule has 2 atom stereocenters. The van der Waals surface area contributed by atoms with E-state index in [0.29, 0.717) is 30.9 Å². The van der Waals surface area contributed by atoms with E-state index in [-0.39, 0.29) is 23.6 Å². The summed E-state index contributed by atoms with van der Waals surface area (Å²) in [6.07, 6.45) is 7.99. The first-order valence-corrected chi connectivity index (χ1v) is 9.73. The summed E-state index contributed by atoms with van der Waals surface area (Å²) in [5, 5.41) is 0. The fourth-order valence-corrected chi connectivity index (χ4v) is 3.99. The van der Waals surface area contributed by atoms with Gasteiger partial charge in [0.2, 0.25) is 5.91 Å². The van der Waals surface area contributed by atoms with Crippen LogP contribution in [0.5, 0.6) is 5.75 Å². The highest BCUT2D eigenvalue weighted by Gasteiger charge is 2.45. The maximum absolute atomic E-state index is 13.7. The third-order valence-corrected chi connectivity index (χ3v) is 5.37. The first kappa shape index (κ1) is 18.2. The van der Waals surface area contributed by atoms with Gasteiger partial charge in [-0.05, 0) is 23.8 Å². The minimum Gasteiger partial charge on any atom is -0.486 e. The smallest absolute Gasteiger partial charge is 0.274 e. The lowest BCUT2D eigenvalue weighted by Crippen LogP contribution is -2.48. The third kappa shape index (κ3) is 3.26. The molecule has 1 saturated heterocycles. The topological polar surface area (TPSA) is 88.5 Å². The molecule has 30 heavy (non-hydrogen) atoms. The predicted octanol–water partition coefficient (Wildman–Crippen LogP) is 2.08. The van der Waals surface area contributed by atoms with Crippen molar-refractivity contribution in [2.75, 3.05) is 11.4 Å². The second-order valence-corrected chi connectivity index (χ2v) is 7.29. The summed E-state index contributed by atoms with van der Waals surface area (Å²) in [4.78, 5) is 42.2. The van der Waals surface area contributed by atoms with Crippen molar-refractivity contribution in [1.29, 1.82) is 0 Å². The van der Waals surface area contributed by atoms with Crippen LogP contribution in [0.25, 0.3) is 0 Å². The van der Waals surface area contributed by atoms with E-state index in [2.05, 4.69) is 15.0 Å². The number of amides is 2. The van der Waals surface area contributed by atoms with Crippen molar-refractivity contribution in [2.45, 2.75) is 25.1 Å². The van der Waals surface area contributed by atoms with E-state index in [1.807, 2.05) is 36.4 Å². The normalized spacial score (nSPS) is 20.2. The molecule has 8 nitrogen and oxygen atoms in total. The number of likely N-dealkylation sites (tertiary alicyclic amines) is 1. The molecule has 2 aromatic heterocycles. The number of benzene rings is 1. The molecule has 1 aromatic carbocycles. The van der Waals surface area contributed by atoms with Crippen molar-refractivity contribution in [3.05, 3.63) is 78.6 Å². The van der Waals surface area contributed by atoms with E-state index in [1.165, 1.54) is 18.6 Å². The Bertz CT molecular complexity index is 1080. The van der Waals surface area contributed by atoms with Gasteiger partial charge < -0.3 is 14.5 Å². The number of aromatic nitrogens is 3. The Kier molecular flexibility index (Phi) is 4.59. The van der Waals surface area contributed by atoms with E-state index in [4.69, 9.17) is 4.74 Å². The van der Waals surface area contributed by atoms with Crippen LogP contribution in [-0.4, -0.2) is 50.4 Å². The number of hydrogen-bond donors (Lipinski definition) is 0. The number of pyridine rings is 1. The number of ether oxygens (including phenoxy) is 1. The molecule has 2 aliphatic heterocycles. The number of para-hydroxylation sites is 2. The molecule has 2 amide bonds. The number of carbonyl (C=O) groups excluding carboxylic acids is 2. The monoisotopic (exact) mass is 401 g/mol. The maximum atomic E-state index is 13.7. The van der Waals surface area contributed by atoms with Gasteiger partial charge in [0.05, 0.1) is 25.0 Å². The molecule has 4 heterocycles. The molecule has 150 valence electrons. The number of anilines is 1. The lowest BCUT2D eigenvalue weighted by atomic mass is 10.1. The molecule has 3 aromatic rings. The lowest BCUT2D eigenvalue weighted by Gasteiger charge is -2.31. The van der Waals surface area contributed by atoms with Crippen LogP contribution in [0.15, 0.2) is 67.4 Å². The third-order valence-electron chi connectivity index (χ3n) is 5.37. The van der Waals surface area contributed by atoms with Crippen molar-refractivity contribution < 1.29 is 14.3 Å². The van der Waals surface area contributed by atoms with Gasteiger partial charge in [0.25, 0.3) is 5.91 Å². The Labute approximate surface area is 173 Å². The summed E-state index contributed by atoms with van der Waals surface area (Å²) in [5.74, 6) is 0.168. The molecule has 0 N–H and O–H groups in total. The molecule has 8 heteroatoms. The zero-order valence-electron chi connectivity index (χ0n) is 16.1. The first-order chi connectivity index (χ1) is 14.7. The van der Waals surface area contributed by atoms with E-state index >= 15 is 0 Å². The number of hydrogen-bond acceptors (Lipinski definition) is 6. The molecule has 1 fully saturated rings. The van der Waals surface area contributed by atoms with Crippen molar-refractivity contribution in [2.24, 2.45) is 0 Å². The Balaban J connectivity index is 1.53. The average molecular weight is 401 g/mol. The van der Waals surface area contributed by atoms with Crippen LogP contribution >= 0.6 is 0 Å². The highest BCUT2D eigenvalue weighted by atomic mass is 16.5. The van der Waals surface area contributed by atoms with Gasteiger partial charge in [-0.3, -0.25) is 19.6 Å². The van der Waals surface area contributed by atoms with Crippen molar-refractivity contribution >= 4 is 17.5 Å². The molecular formula is C22H19N5O3. The molecule has 2 bridgehead atoms. The SMILES string of the molecule is O=C1[C@@H]2C[C@@H](CN2C(=O)c2cnccn2)Oc2ccccc2N1Cc1cccnc1. The standard InChI is InChI=1S/C22H19N5O3/c28-21(17-12-24-8-9-25-17)27-14-16-10-19(27)22(29)26(13-15-4-3-7-23-11-15)18-5-1-2-6-20(18)30-16/h1-9,11-12,16,19H,10,13-14H2/t16-,19-/m0/s1. The molecule has 0 unspecified atom stereocenters. The van der Waals surface area contributed by atoms with Gasteiger partial charge in [0, 0.05) is 31.2 Å². The fourth-order valence-electron chi connectivity index (χ4n) is 3.99. The fraction of sp³-hybridized carbons (Fsp3) is 0.227. The van der Waals surface area contributed by atoms with Crippen LogP contribution in [0, 0.1) is 0 Å². The summed E-state index contributed by atoms with van der Waals surface area (Å²) >= 11 is 0. The zero-order chi connectivity index (χ0) is 20.5. The van der Waals surface area contributed by atoms with E-state index in [1.54, 1.807) is 22.2 Å². The summed E-state index contributed by atoms with van der Waals surface area (Å²) < 4.78 is 6.22.